The van der Waals surface area contributed by atoms with Gasteiger partial charge in [0, 0.05) is 25.7 Å². The Morgan fingerprint density at radius 1 is 0.949 bits per heavy atom. The molecule has 6 nitrogen and oxygen atoms in total. The summed E-state index contributed by atoms with van der Waals surface area (Å²) < 4.78 is 0. The Kier molecular flexibility index (Phi) is 14.3. The standard InChI is InChI=1S/C33H56N4O2/c1-4-5-6-7-8-15-23-36(25-22-28-17-11-9-12-18-28)26-30-21-16-24-37(30)33(39)31(29-19-13-10-14-20-29)35-32(38)27(2)34-3/h9,11-12,17-18,27,29-31,34H,4-8,10,13-16,19-26H2,1-3H3,(H,35,38)/t27-,30?,31-/m0/s1. The third kappa shape index (κ3) is 10.5. The molecule has 1 saturated heterocycles. The fraction of sp³-hybridized carbons (Fsp3) is 0.758. The van der Waals surface area contributed by atoms with Crippen molar-refractivity contribution in [1.29, 1.82) is 0 Å². The zero-order valence-corrected chi connectivity index (χ0v) is 25.1. The smallest absolute Gasteiger partial charge is 0.245 e. The van der Waals surface area contributed by atoms with Crippen LogP contribution in [0.5, 0.6) is 0 Å². The highest BCUT2D eigenvalue weighted by Crippen LogP contribution is 2.29. The molecule has 0 aromatic heterocycles. The van der Waals surface area contributed by atoms with Crippen molar-refractivity contribution >= 4 is 11.8 Å². The third-order valence-corrected chi connectivity index (χ3v) is 9.03. The van der Waals surface area contributed by atoms with Gasteiger partial charge in [0.05, 0.1) is 6.04 Å². The number of nitrogens with one attached hydrogen (secondary N) is 2. The van der Waals surface area contributed by atoms with E-state index in [9.17, 15) is 9.59 Å². The van der Waals surface area contributed by atoms with E-state index in [2.05, 4.69) is 57.7 Å². The number of hydrogen-bond acceptors (Lipinski definition) is 4. The van der Waals surface area contributed by atoms with Gasteiger partial charge < -0.3 is 20.4 Å². The number of hydrogen-bond donors (Lipinski definition) is 2. The molecular formula is C33H56N4O2. The molecule has 1 heterocycles. The first-order valence-corrected chi connectivity index (χ1v) is 16.1. The van der Waals surface area contributed by atoms with Gasteiger partial charge in [0.15, 0.2) is 0 Å². The van der Waals surface area contributed by atoms with Gasteiger partial charge in [0.1, 0.15) is 6.04 Å². The normalized spacial score (nSPS) is 19.8. The van der Waals surface area contributed by atoms with Gasteiger partial charge in [0.2, 0.25) is 11.8 Å². The van der Waals surface area contributed by atoms with Crippen LogP contribution in [0.15, 0.2) is 30.3 Å². The van der Waals surface area contributed by atoms with Crippen molar-refractivity contribution in [2.45, 2.75) is 122 Å². The Morgan fingerprint density at radius 3 is 2.38 bits per heavy atom. The topological polar surface area (TPSA) is 64.7 Å². The molecule has 1 aromatic rings. The molecule has 0 bridgehead atoms. The Morgan fingerprint density at radius 2 is 1.67 bits per heavy atom. The maximum Gasteiger partial charge on any atom is 0.245 e. The predicted octanol–water partition coefficient (Wildman–Crippen LogP) is 5.56. The maximum atomic E-state index is 14.1. The second-order valence-corrected chi connectivity index (χ2v) is 12.0. The fourth-order valence-electron chi connectivity index (χ4n) is 6.39. The lowest BCUT2D eigenvalue weighted by Crippen LogP contribution is -2.57. The molecule has 39 heavy (non-hydrogen) atoms. The molecule has 1 aromatic carbocycles. The van der Waals surface area contributed by atoms with E-state index >= 15 is 0 Å². The van der Waals surface area contributed by atoms with E-state index in [0.717, 1.165) is 71.1 Å². The summed E-state index contributed by atoms with van der Waals surface area (Å²) in [6, 6.07) is 10.3. The van der Waals surface area contributed by atoms with Gasteiger partial charge in [0.25, 0.3) is 0 Å². The molecule has 2 aliphatic rings. The zero-order chi connectivity index (χ0) is 27.9. The van der Waals surface area contributed by atoms with Crippen LogP contribution in [-0.4, -0.2) is 73.0 Å². The lowest BCUT2D eigenvalue weighted by Gasteiger charge is -2.37. The Hall–Kier alpha value is -1.92. The second-order valence-electron chi connectivity index (χ2n) is 12.0. The third-order valence-electron chi connectivity index (χ3n) is 9.03. The van der Waals surface area contributed by atoms with Crippen molar-refractivity contribution in [2.75, 3.05) is 33.2 Å². The number of benzene rings is 1. The highest BCUT2D eigenvalue weighted by molar-refractivity contribution is 5.90. The number of unbranched alkanes of at least 4 members (excludes halogenated alkanes) is 5. The highest BCUT2D eigenvalue weighted by atomic mass is 16.2. The molecule has 6 heteroatoms. The van der Waals surface area contributed by atoms with E-state index in [1.54, 1.807) is 7.05 Å². The number of likely N-dealkylation sites (tertiary alicyclic amines) is 1. The van der Waals surface area contributed by atoms with E-state index in [1.807, 2.05) is 6.92 Å². The van der Waals surface area contributed by atoms with Crippen LogP contribution in [0.1, 0.15) is 103 Å². The SMILES string of the molecule is CCCCCCCCN(CCc1ccccc1)CC1CCCN1C(=O)[C@@H](NC(=O)[C@H](C)NC)C1CCCCC1. The Bertz CT molecular complexity index is 826. The van der Waals surface area contributed by atoms with Crippen molar-refractivity contribution in [3.63, 3.8) is 0 Å². The summed E-state index contributed by atoms with van der Waals surface area (Å²) in [5.41, 5.74) is 1.38. The predicted molar refractivity (Wildman–Crippen MR) is 162 cm³/mol. The van der Waals surface area contributed by atoms with Crippen molar-refractivity contribution < 1.29 is 9.59 Å². The number of nitrogens with zero attached hydrogens (tertiary/aromatic N) is 2. The van der Waals surface area contributed by atoms with Crippen molar-refractivity contribution in [3.05, 3.63) is 35.9 Å². The van der Waals surface area contributed by atoms with Crippen LogP contribution < -0.4 is 10.6 Å². The summed E-state index contributed by atoms with van der Waals surface area (Å²) in [5.74, 6) is 0.339. The largest absolute Gasteiger partial charge is 0.343 e. The van der Waals surface area contributed by atoms with Gasteiger partial charge in [-0.2, -0.15) is 0 Å². The summed E-state index contributed by atoms with van der Waals surface area (Å²) in [7, 11) is 1.80. The monoisotopic (exact) mass is 540 g/mol. The summed E-state index contributed by atoms with van der Waals surface area (Å²) in [6.45, 7) is 8.01. The molecule has 1 aliphatic heterocycles. The molecule has 3 atom stereocenters. The first kappa shape index (κ1) is 31.6. The van der Waals surface area contributed by atoms with E-state index < -0.39 is 6.04 Å². The highest BCUT2D eigenvalue weighted by Gasteiger charge is 2.39. The lowest BCUT2D eigenvalue weighted by atomic mass is 9.83. The van der Waals surface area contributed by atoms with Crippen LogP contribution in [0.4, 0.5) is 0 Å². The average molecular weight is 541 g/mol. The molecule has 220 valence electrons. The molecular weight excluding hydrogens is 484 g/mol. The number of carbonyl (C=O) groups excluding carboxylic acids is 2. The number of likely N-dealkylation sites (N-methyl/N-ethyl adjacent to an activating group) is 1. The van der Waals surface area contributed by atoms with E-state index in [1.165, 1.54) is 50.5 Å². The summed E-state index contributed by atoms with van der Waals surface area (Å²) >= 11 is 0. The van der Waals surface area contributed by atoms with Gasteiger partial charge in [-0.1, -0.05) is 88.6 Å². The van der Waals surface area contributed by atoms with Crippen molar-refractivity contribution in [2.24, 2.45) is 5.92 Å². The first-order chi connectivity index (χ1) is 19.0. The number of rotatable bonds is 17. The lowest BCUT2D eigenvalue weighted by molar-refractivity contribution is -0.139. The minimum Gasteiger partial charge on any atom is -0.343 e. The second kappa shape index (κ2) is 17.7. The molecule has 1 unspecified atom stereocenters. The van der Waals surface area contributed by atoms with Crippen LogP contribution in [-0.2, 0) is 16.0 Å². The van der Waals surface area contributed by atoms with Gasteiger partial charge in [-0.3, -0.25) is 9.59 Å². The van der Waals surface area contributed by atoms with Gasteiger partial charge in [-0.05, 0) is 70.5 Å². The van der Waals surface area contributed by atoms with Crippen molar-refractivity contribution in [3.8, 4) is 0 Å². The molecule has 3 rings (SSSR count). The van der Waals surface area contributed by atoms with Crippen LogP contribution in [0.3, 0.4) is 0 Å². The summed E-state index contributed by atoms with van der Waals surface area (Å²) in [4.78, 5) is 31.7. The van der Waals surface area contributed by atoms with E-state index in [-0.39, 0.29) is 29.8 Å². The molecule has 2 fully saturated rings. The Labute approximate surface area is 238 Å². The van der Waals surface area contributed by atoms with Gasteiger partial charge in [-0.25, -0.2) is 0 Å². The number of amides is 2. The van der Waals surface area contributed by atoms with Crippen molar-refractivity contribution in [1.82, 2.24) is 20.4 Å². The zero-order valence-electron chi connectivity index (χ0n) is 25.1. The van der Waals surface area contributed by atoms with E-state index in [4.69, 9.17) is 0 Å². The maximum absolute atomic E-state index is 14.1. The first-order valence-electron chi connectivity index (χ1n) is 16.1. The summed E-state index contributed by atoms with van der Waals surface area (Å²) in [5, 5.41) is 6.22. The number of carbonyl (C=O) groups is 2. The van der Waals surface area contributed by atoms with Gasteiger partial charge in [-0.15, -0.1) is 0 Å². The summed E-state index contributed by atoms with van der Waals surface area (Å²) in [6.07, 6.45) is 16.6. The average Bonchev–Trinajstić information content (AvgIpc) is 3.44. The molecule has 2 N–H and O–H groups in total. The molecule has 2 amide bonds. The van der Waals surface area contributed by atoms with Crippen LogP contribution in [0.25, 0.3) is 0 Å². The fourth-order valence-corrected chi connectivity index (χ4v) is 6.39. The minimum atomic E-state index is -0.398. The molecule has 1 aliphatic carbocycles. The van der Waals surface area contributed by atoms with Crippen LogP contribution in [0, 0.1) is 5.92 Å². The molecule has 0 spiro atoms. The quantitative estimate of drug-likeness (QED) is 0.254. The Balaban J connectivity index is 1.65. The van der Waals surface area contributed by atoms with E-state index in [0.29, 0.717) is 0 Å². The van der Waals surface area contributed by atoms with Crippen LogP contribution >= 0.6 is 0 Å². The minimum absolute atomic E-state index is 0.0651. The molecule has 1 saturated carbocycles. The molecule has 0 radical (unpaired) electrons. The van der Waals surface area contributed by atoms with Crippen LogP contribution in [0.2, 0.25) is 0 Å². The van der Waals surface area contributed by atoms with Gasteiger partial charge >= 0.3 is 0 Å².